The van der Waals surface area contributed by atoms with E-state index in [1.807, 2.05) is 0 Å². The van der Waals surface area contributed by atoms with Crippen molar-refractivity contribution in [2.24, 2.45) is 0 Å². The summed E-state index contributed by atoms with van der Waals surface area (Å²) in [4.78, 5) is 27.4. The SMILES string of the molecule is COCCNCCNS(=O)(=O)c1ccc2[nH]c(=O)[nH]c(=O)c2c1. The quantitative estimate of drug-likeness (QED) is 0.442. The highest BCUT2D eigenvalue weighted by molar-refractivity contribution is 7.89. The number of ether oxygens (including phenoxy) is 1. The normalized spacial score (nSPS) is 11.9. The van der Waals surface area contributed by atoms with Gasteiger partial charge < -0.3 is 15.0 Å². The predicted octanol–water partition coefficient (Wildman–Crippen LogP) is -1.27. The Labute approximate surface area is 132 Å². The van der Waals surface area contributed by atoms with E-state index in [9.17, 15) is 18.0 Å². The molecule has 2 rings (SSSR count). The zero-order chi connectivity index (χ0) is 16.9. The van der Waals surface area contributed by atoms with Gasteiger partial charge in [-0.15, -0.1) is 0 Å². The second-order valence-electron chi connectivity index (χ2n) is 4.76. The first-order chi connectivity index (χ1) is 10.9. The monoisotopic (exact) mass is 342 g/mol. The summed E-state index contributed by atoms with van der Waals surface area (Å²) in [6.07, 6.45) is 0. The van der Waals surface area contributed by atoms with Crippen molar-refractivity contribution in [3.8, 4) is 0 Å². The maximum atomic E-state index is 12.2. The molecule has 0 saturated carbocycles. The fourth-order valence-electron chi connectivity index (χ4n) is 1.97. The average Bonchev–Trinajstić information content (AvgIpc) is 2.50. The van der Waals surface area contributed by atoms with Gasteiger partial charge in [0.15, 0.2) is 0 Å². The van der Waals surface area contributed by atoms with Gasteiger partial charge in [-0.05, 0) is 18.2 Å². The molecule has 23 heavy (non-hydrogen) atoms. The molecule has 0 aliphatic heterocycles. The number of aromatic nitrogens is 2. The number of H-pyrrole nitrogens is 2. The summed E-state index contributed by atoms with van der Waals surface area (Å²) in [5, 5.41) is 3.11. The Morgan fingerprint density at radius 2 is 1.91 bits per heavy atom. The lowest BCUT2D eigenvalue weighted by atomic mass is 10.2. The first-order valence-electron chi connectivity index (χ1n) is 6.90. The number of sulfonamides is 1. The summed E-state index contributed by atoms with van der Waals surface area (Å²) >= 11 is 0. The summed E-state index contributed by atoms with van der Waals surface area (Å²) in [5.74, 6) is 0. The van der Waals surface area contributed by atoms with Crippen LogP contribution < -0.4 is 21.3 Å². The minimum Gasteiger partial charge on any atom is -0.383 e. The van der Waals surface area contributed by atoms with Crippen LogP contribution in [0.1, 0.15) is 0 Å². The molecule has 0 aliphatic rings. The van der Waals surface area contributed by atoms with Crippen LogP contribution in [0.4, 0.5) is 0 Å². The Hall–Kier alpha value is -2.01. The highest BCUT2D eigenvalue weighted by atomic mass is 32.2. The largest absolute Gasteiger partial charge is 0.383 e. The molecule has 0 unspecified atom stereocenters. The number of rotatable bonds is 8. The van der Waals surface area contributed by atoms with E-state index in [4.69, 9.17) is 4.74 Å². The van der Waals surface area contributed by atoms with E-state index in [0.29, 0.717) is 19.7 Å². The maximum absolute atomic E-state index is 12.2. The van der Waals surface area contributed by atoms with E-state index in [2.05, 4.69) is 20.0 Å². The van der Waals surface area contributed by atoms with Gasteiger partial charge in [-0.2, -0.15) is 0 Å². The van der Waals surface area contributed by atoms with Crippen molar-refractivity contribution in [2.75, 3.05) is 33.4 Å². The molecule has 1 aromatic carbocycles. The van der Waals surface area contributed by atoms with Gasteiger partial charge in [-0.25, -0.2) is 17.9 Å². The molecule has 0 fully saturated rings. The standard InChI is InChI=1S/C13H18N4O5S/c1-22-7-6-14-4-5-15-23(20,21)9-2-3-11-10(8-9)12(18)17-13(19)16-11/h2-3,8,14-15H,4-7H2,1H3,(H2,16,17,18,19). The van der Waals surface area contributed by atoms with Crippen molar-refractivity contribution < 1.29 is 13.2 Å². The Bertz CT molecular complexity index is 887. The third kappa shape index (κ3) is 4.48. The molecule has 0 atom stereocenters. The minimum atomic E-state index is -3.74. The van der Waals surface area contributed by atoms with Gasteiger partial charge in [0.05, 0.1) is 22.4 Å². The van der Waals surface area contributed by atoms with Crippen LogP contribution in [0.2, 0.25) is 0 Å². The van der Waals surface area contributed by atoms with Gasteiger partial charge in [0.2, 0.25) is 10.0 Å². The molecule has 0 aliphatic carbocycles. The predicted molar refractivity (Wildman–Crippen MR) is 85.1 cm³/mol. The molecular formula is C13H18N4O5S. The van der Waals surface area contributed by atoms with Gasteiger partial charge >= 0.3 is 5.69 Å². The third-order valence-electron chi connectivity index (χ3n) is 3.10. The van der Waals surface area contributed by atoms with E-state index in [-0.39, 0.29) is 22.3 Å². The van der Waals surface area contributed by atoms with Crippen LogP contribution >= 0.6 is 0 Å². The molecule has 1 heterocycles. The maximum Gasteiger partial charge on any atom is 0.326 e. The van der Waals surface area contributed by atoms with Crippen LogP contribution in [0.25, 0.3) is 10.9 Å². The smallest absolute Gasteiger partial charge is 0.326 e. The summed E-state index contributed by atoms with van der Waals surface area (Å²) in [6.45, 7) is 1.81. The Morgan fingerprint density at radius 3 is 2.65 bits per heavy atom. The van der Waals surface area contributed by atoms with E-state index in [1.54, 1.807) is 7.11 Å². The van der Waals surface area contributed by atoms with Crippen molar-refractivity contribution in [1.29, 1.82) is 0 Å². The van der Waals surface area contributed by atoms with Gasteiger partial charge in [-0.1, -0.05) is 0 Å². The molecule has 0 spiro atoms. The summed E-state index contributed by atoms with van der Waals surface area (Å²) in [6, 6.07) is 3.95. The number of hydrogen-bond acceptors (Lipinski definition) is 6. The van der Waals surface area contributed by atoms with Crippen LogP contribution in [0.3, 0.4) is 0 Å². The van der Waals surface area contributed by atoms with Gasteiger partial charge in [-0.3, -0.25) is 9.78 Å². The highest BCUT2D eigenvalue weighted by Gasteiger charge is 2.14. The molecule has 10 heteroatoms. The van der Waals surface area contributed by atoms with Crippen LogP contribution in [0.5, 0.6) is 0 Å². The first-order valence-corrected chi connectivity index (χ1v) is 8.38. The molecule has 1 aromatic heterocycles. The van der Waals surface area contributed by atoms with Gasteiger partial charge in [0, 0.05) is 26.7 Å². The number of aromatic amines is 2. The summed E-state index contributed by atoms with van der Waals surface area (Å²) in [7, 11) is -2.16. The Kier molecular flexibility index (Phi) is 5.66. The Balaban J connectivity index is 2.12. The van der Waals surface area contributed by atoms with Crippen molar-refractivity contribution in [3.05, 3.63) is 39.0 Å². The lowest BCUT2D eigenvalue weighted by Gasteiger charge is -2.08. The molecule has 4 N–H and O–H groups in total. The molecule has 0 radical (unpaired) electrons. The fourth-order valence-corrected chi connectivity index (χ4v) is 3.03. The summed E-state index contributed by atoms with van der Waals surface area (Å²) < 4.78 is 31.7. The van der Waals surface area contributed by atoms with Crippen LogP contribution in [0, 0.1) is 0 Å². The Morgan fingerprint density at radius 1 is 1.13 bits per heavy atom. The van der Waals surface area contributed by atoms with Gasteiger partial charge in [0.25, 0.3) is 5.56 Å². The van der Waals surface area contributed by atoms with E-state index in [0.717, 1.165) is 0 Å². The third-order valence-corrected chi connectivity index (χ3v) is 4.56. The summed E-state index contributed by atoms with van der Waals surface area (Å²) in [5.41, 5.74) is -1.00. The lowest BCUT2D eigenvalue weighted by molar-refractivity contribution is 0.199. The molecule has 2 aromatic rings. The van der Waals surface area contributed by atoms with Crippen molar-refractivity contribution in [2.45, 2.75) is 4.90 Å². The van der Waals surface area contributed by atoms with E-state index in [1.165, 1.54) is 18.2 Å². The molecule has 126 valence electrons. The van der Waals surface area contributed by atoms with Crippen LogP contribution in [0.15, 0.2) is 32.7 Å². The first kappa shape index (κ1) is 17.3. The topological polar surface area (TPSA) is 133 Å². The van der Waals surface area contributed by atoms with Crippen LogP contribution in [-0.2, 0) is 14.8 Å². The van der Waals surface area contributed by atoms with Crippen LogP contribution in [-0.4, -0.2) is 51.7 Å². The number of benzene rings is 1. The molecular weight excluding hydrogens is 324 g/mol. The second kappa shape index (κ2) is 7.51. The van der Waals surface area contributed by atoms with Crippen molar-refractivity contribution in [1.82, 2.24) is 20.0 Å². The van der Waals surface area contributed by atoms with Crippen molar-refractivity contribution >= 4 is 20.9 Å². The minimum absolute atomic E-state index is 0.0422. The molecule has 9 nitrogen and oxygen atoms in total. The lowest BCUT2D eigenvalue weighted by Crippen LogP contribution is -2.33. The number of hydrogen-bond donors (Lipinski definition) is 4. The average molecular weight is 342 g/mol. The van der Waals surface area contributed by atoms with E-state index < -0.39 is 21.3 Å². The van der Waals surface area contributed by atoms with Gasteiger partial charge in [0.1, 0.15) is 0 Å². The number of methoxy groups -OCH3 is 1. The number of nitrogens with one attached hydrogen (secondary N) is 4. The zero-order valence-corrected chi connectivity index (χ0v) is 13.3. The molecule has 0 bridgehead atoms. The van der Waals surface area contributed by atoms with Crippen molar-refractivity contribution in [3.63, 3.8) is 0 Å². The van der Waals surface area contributed by atoms with E-state index >= 15 is 0 Å². The fraction of sp³-hybridized carbons (Fsp3) is 0.385. The molecule has 0 saturated heterocycles. The molecule has 0 amide bonds. The highest BCUT2D eigenvalue weighted by Crippen LogP contribution is 2.13. The second-order valence-corrected chi connectivity index (χ2v) is 6.52. The zero-order valence-electron chi connectivity index (χ0n) is 12.5. The number of fused-ring (bicyclic) bond motifs is 1.